The van der Waals surface area contributed by atoms with Crippen molar-refractivity contribution in [2.75, 3.05) is 11.9 Å². The molecule has 0 radical (unpaired) electrons. The third kappa shape index (κ3) is 3.97. The zero-order chi connectivity index (χ0) is 23.9. The van der Waals surface area contributed by atoms with E-state index in [4.69, 9.17) is 4.52 Å². The van der Waals surface area contributed by atoms with Crippen molar-refractivity contribution in [2.45, 2.75) is 25.8 Å². The third-order valence-electron chi connectivity index (χ3n) is 6.31. The Labute approximate surface area is 201 Å². The first kappa shape index (κ1) is 21.2. The first-order valence-corrected chi connectivity index (χ1v) is 11.5. The Morgan fingerprint density at radius 3 is 2.89 bits per heavy atom. The smallest absolute Gasteiger partial charge is 0.259 e. The highest BCUT2D eigenvalue weighted by molar-refractivity contribution is 6.09. The standard InChI is InChI=1S/C25H24N8O2/c1-15-5-6-16(23-29-25(35-31-23)20-4-3-10-26-20)12-21(15)28-24(34)18-13-27-33-14-17(7-8-22(18)33)19-9-11-32(2)30-19/h5-9,11-14,20,26H,3-4,10H2,1-2H3,(H,28,34)/t20-/m1/s1. The maximum atomic E-state index is 13.2. The normalized spacial score (nSPS) is 15.7. The van der Waals surface area contributed by atoms with Crippen LogP contribution in [-0.4, -0.2) is 42.0 Å². The number of carbonyl (C=O) groups excluding carboxylic acids is 1. The molecular formula is C25H24N8O2. The highest BCUT2D eigenvalue weighted by Crippen LogP contribution is 2.28. The van der Waals surface area contributed by atoms with Gasteiger partial charge in [0.15, 0.2) is 0 Å². The van der Waals surface area contributed by atoms with Crippen LogP contribution in [0.5, 0.6) is 0 Å². The number of nitrogens with one attached hydrogen (secondary N) is 2. The molecule has 2 N–H and O–H groups in total. The van der Waals surface area contributed by atoms with Crippen molar-refractivity contribution in [1.29, 1.82) is 0 Å². The fourth-order valence-electron chi connectivity index (χ4n) is 4.35. The average molecular weight is 469 g/mol. The van der Waals surface area contributed by atoms with E-state index in [1.807, 2.05) is 62.8 Å². The van der Waals surface area contributed by atoms with Crippen LogP contribution in [0.2, 0.25) is 0 Å². The molecule has 0 saturated carbocycles. The molecule has 0 spiro atoms. The average Bonchev–Trinajstić information content (AvgIpc) is 3.66. The zero-order valence-electron chi connectivity index (χ0n) is 19.4. The highest BCUT2D eigenvalue weighted by Gasteiger charge is 2.23. The topological polar surface area (TPSA) is 115 Å². The van der Waals surface area contributed by atoms with Gasteiger partial charge in [-0.2, -0.15) is 15.2 Å². The van der Waals surface area contributed by atoms with Crippen LogP contribution in [0.15, 0.2) is 59.5 Å². The van der Waals surface area contributed by atoms with E-state index in [2.05, 4.69) is 31.0 Å². The second kappa shape index (κ2) is 8.48. The molecule has 4 aromatic heterocycles. The summed E-state index contributed by atoms with van der Waals surface area (Å²) in [5, 5.41) is 19.3. The molecule has 0 aliphatic carbocycles. The summed E-state index contributed by atoms with van der Waals surface area (Å²) in [7, 11) is 1.87. The molecule has 1 amide bonds. The summed E-state index contributed by atoms with van der Waals surface area (Å²) in [4.78, 5) is 17.8. The van der Waals surface area contributed by atoms with Gasteiger partial charge in [-0.3, -0.25) is 9.48 Å². The molecule has 5 aromatic rings. The minimum atomic E-state index is -0.241. The summed E-state index contributed by atoms with van der Waals surface area (Å²) in [6.07, 6.45) is 7.41. The van der Waals surface area contributed by atoms with Gasteiger partial charge < -0.3 is 15.2 Å². The van der Waals surface area contributed by atoms with E-state index in [-0.39, 0.29) is 11.9 Å². The summed E-state index contributed by atoms with van der Waals surface area (Å²) in [5.74, 6) is 0.858. The minimum Gasteiger partial charge on any atom is -0.337 e. The van der Waals surface area contributed by atoms with E-state index in [0.717, 1.165) is 41.8 Å². The first-order chi connectivity index (χ1) is 17.0. The molecular weight excluding hydrogens is 444 g/mol. The van der Waals surface area contributed by atoms with Crippen LogP contribution in [0.4, 0.5) is 5.69 Å². The number of benzene rings is 1. The van der Waals surface area contributed by atoms with Crippen molar-refractivity contribution in [3.05, 3.63) is 72.0 Å². The molecule has 1 aliphatic heterocycles. The lowest BCUT2D eigenvalue weighted by Gasteiger charge is -2.09. The van der Waals surface area contributed by atoms with E-state index in [9.17, 15) is 4.79 Å². The number of aryl methyl sites for hydroxylation is 2. The van der Waals surface area contributed by atoms with E-state index < -0.39 is 0 Å². The predicted octanol–water partition coefficient (Wildman–Crippen LogP) is 3.77. The van der Waals surface area contributed by atoms with Gasteiger partial charge in [-0.15, -0.1) is 0 Å². The van der Waals surface area contributed by atoms with Crippen LogP contribution >= 0.6 is 0 Å². The highest BCUT2D eigenvalue weighted by atomic mass is 16.5. The molecule has 6 rings (SSSR count). The van der Waals surface area contributed by atoms with Crippen molar-refractivity contribution in [3.8, 4) is 22.6 Å². The Morgan fingerprint density at radius 1 is 1.20 bits per heavy atom. The summed E-state index contributed by atoms with van der Waals surface area (Å²) >= 11 is 0. The number of carbonyl (C=O) groups is 1. The van der Waals surface area contributed by atoms with E-state index in [1.165, 1.54) is 0 Å². The molecule has 35 heavy (non-hydrogen) atoms. The van der Waals surface area contributed by atoms with Crippen LogP contribution < -0.4 is 10.6 Å². The van der Waals surface area contributed by atoms with E-state index in [0.29, 0.717) is 28.5 Å². The summed E-state index contributed by atoms with van der Waals surface area (Å²) in [5.41, 5.74) is 5.35. The fraction of sp³-hybridized carbons (Fsp3) is 0.240. The van der Waals surface area contributed by atoms with Gasteiger partial charge in [-0.1, -0.05) is 17.3 Å². The fourth-order valence-corrected chi connectivity index (χ4v) is 4.35. The third-order valence-corrected chi connectivity index (χ3v) is 6.31. The van der Waals surface area contributed by atoms with Gasteiger partial charge in [0.2, 0.25) is 11.7 Å². The van der Waals surface area contributed by atoms with Crippen LogP contribution in [0, 0.1) is 6.92 Å². The van der Waals surface area contributed by atoms with Crippen molar-refractivity contribution >= 4 is 17.1 Å². The monoisotopic (exact) mass is 468 g/mol. The Hall–Kier alpha value is -4.31. The van der Waals surface area contributed by atoms with Crippen LogP contribution in [0.1, 0.15) is 40.7 Å². The molecule has 176 valence electrons. The molecule has 1 atom stereocenters. The van der Waals surface area contributed by atoms with Gasteiger partial charge in [0, 0.05) is 36.3 Å². The number of hydrogen-bond acceptors (Lipinski definition) is 7. The molecule has 10 heteroatoms. The maximum Gasteiger partial charge on any atom is 0.259 e. The number of fused-ring (bicyclic) bond motifs is 1. The first-order valence-electron chi connectivity index (χ1n) is 11.5. The largest absolute Gasteiger partial charge is 0.337 e. The predicted molar refractivity (Wildman–Crippen MR) is 130 cm³/mol. The number of aromatic nitrogens is 6. The summed E-state index contributed by atoms with van der Waals surface area (Å²) in [6.45, 7) is 2.90. The zero-order valence-corrected chi connectivity index (χ0v) is 19.4. The van der Waals surface area contributed by atoms with Gasteiger partial charge >= 0.3 is 0 Å². The van der Waals surface area contributed by atoms with Crippen LogP contribution in [0.3, 0.4) is 0 Å². The number of rotatable bonds is 5. The van der Waals surface area contributed by atoms with Crippen LogP contribution in [-0.2, 0) is 7.05 Å². The van der Waals surface area contributed by atoms with E-state index >= 15 is 0 Å². The van der Waals surface area contributed by atoms with Crippen molar-refractivity contribution in [2.24, 2.45) is 7.05 Å². The second-order valence-corrected chi connectivity index (χ2v) is 8.77. The number of nitrogens with zero attached hydrogens (tertiary/aromatic N) is 6. The van der Waals surface area contributed by atoms with Gasteiger partial charge in [0.25, 0.3) is 5.91 Å². The van der Waals surface area contributed by atoms with E-state index in [1.54, 1.807) is 15.4 Å². The lowest BCUT2D eigenvalue weighted by atomic mass is 10.1. The molecule has 1 aliphatic rings. The molecule has 10 nitrogen and oxygen atoms in total. The quantitative estimate of drug-likeness (QED) is 0.403. The molecule has 1 aromatic carbocycles. The number of hydrogen-bond donors (Lipinski definition) is 2. The number of amides is 1. The SMILES string of the molecule is Cc1ccc(-c2noc([C@H]3CCCN3)n2)cc1NC(=O)c1cnn2cc(-c3ccn(C)n3)ccc12. The van der Waals surface area contributed by atoms with Gasteiger partial charge in [0.05, 0.1) is 29.0 Å². The number of pyridine rings is 1. The molecule has 1 saturated heterocycles. The number of anilines is 1. The Balaban J connectivity index is 1.25. The second-order valence-electron chi connectivity index (χ2n) is 8.77. The summed E-state index contributed by atoms with van der Waals surface area (Å²) in [6, 6.07) is 11.6. The van der Waals surface area contributed by atoms with Crippen molar-refractivity contribution in [1.82, 2.24) is 34.9 Å². The Morgan fingerprint density at radius 2 is 2.09 bits per heavy atom. The molecule has 1 fully saturated rings. The Bertz CT molecular complexity index is 1540. The maximum absolute atomic E-state index is 13.2. The van der Waals surface area contributed by atoms with Crippen molar-refractivity contribution < 1.29 is 9.32 Å². The van der Waals surface area contributed by atoms with Gasteiger partial charge in [-0.25, -0.2) is 4.52 Å². The molecule has 0 unspecified atom stereocenters. The lowest BCUT2D eigenvalue weighted by molar-refractivity contribution is 0.102. The van der Waals surface area contributed by atoms with Gasteiger partial charge in [0.1, 0.15) is 0 Å². The summed E-state index contributed by atoms with van der Waals surface area (Å²) < 4.78 is 8.92. The van der Waals surface area contributed by atoms with Gasteiger partial charge in [-0.05, 0) is 56.1 Å². The van der Waals surface area contributed by atoms with Crippen molar-refractivity contribution in [3.63, 3.8) is 0 Å². The minimum absolute atomic E-state index is 0.106. The molecule has 5 heterocycles. The van der Waals surface area contributed by atoms with Crippen LogP contribution in [0.25, 0.3) is 28.2 Å². The lowest BCUT2D eigenvalue weighted by Crippen LogP contribution is -2.13. The Kier molecular flexibility index (Phi) is 5.14. The molecule has 0 bridgehead atoms.